The molecule has 0 saturated carbocycles. The first-order chi connectivity index (χ1) is 9.25. The fraction of sp³-hybridized carbons (Fsp3) is 0.333. The van der Waals surface area contributed by atoms with Gasteiger partial charge in [-0.1, -0.05) is 6.07 Å². The summed E-state index contributed by atoms with van der Waals surface area (Å²) >= 11 is 0. The van der Waals surface area contributed by atoms with E-state index >= 15 is 0 Å². The van der Waals surface area contributed by atoms with Gasteiger partial charge in [-0.2, -0.15) is 0 Å². The quantitative estimate of drug-likeness (QED) is 0.914. The summed E-state index contributed by atoms with van der Waals surface area (Å²) in [5.74, 6) is 0.965. The van der Waals surface area contributed by atoms with Gasteiger partial charge in [0.1, 0.15) is 0 Å². The monoisotopic (exact) mass is 254 g/mol. The van der Waals surface area contributed by atoms with Crippen LogP contribution in [0.4, 0.5) is 11.5 Å². The van der Waals surface area contributed by atoms with E-state index in [-0.39, 0.29) is 0 Å². The molecule has 1 atom stereocenters. The molecule has 1 unspecified atom stereocenters. The first-order valence-electron chi connectivity index (χ1n) is 6.58. The van der Waals surface area contributed by atoms with E-state index in [0.29, 0.717) is 6.04 Å². The topological polar surface area (TPSA) is 41.1 Å². The van der Waals surface area contributed by atoms with Crippen LogP contribution in [0.15, 0.2) is 36.7 Å². The van der Waals surface area contributed by atoms with E-state index in [1.165, 1.54) is 11.3 Å². The molecule has 1 aliphatic carbocycles. The van der Waals surface area contributed by atoms with Crippen molar-refractivity contribution in [3.63, 3.8) is 0 Å². The van der Waals surface area contributed by atoms with Crippen molar-refractivity contribution in [1.82, 2.24) is 9.97 Å². The second kappa shape index (κ2) is 4.88. The van der Waals surface area contributed by atoms with Gasteiger partial charge in [0.15, 0.2) is 5.82 Å². The Morgan fingerprint density at radius 1 is 1.16 bits per heavy atom. The van der Waals surface area contributed by atoms with Crippen LogP contribution >= 0.6 is 0 Å². The van der Waals surface area contributed by atoms with Crippen molar-refractivity contribution in [2.75, 3.05) is 24.3 Å². The van der Waals surface area contributed by atoms with Crippen LogP contribution in [0.1, 0.15) is 23.7 Å². The molecule has 0 radical (unpaired) electrons. The van der Waals surface area contributed by atoms with Gasteiger partial charge in [-0.3, -0.25) is 4.98 Å². The molecule has 4 heteroatoms. The predicted octanol–water partition coefficient (Wildman–Crippen LogP) is 2.64. The number of hydrogen-bond acceptors (Lipinski definition) is 4. The standard InChI is InChI=1S/C15H18N4/c1-19(2)15-13(6-4-10-17-15)18-12-8-7-11-5-3-9-16-14(11)12/h3-6,9-10,12,18H,7-8H2,1-2H3. The Labute approximate surface area is 113 Å². The number of fused-ring (bicyclic) bond motifs is 1. The minimum Gasteiger partial charge on any atom is -0.374 e. The largest absolute Gasteiger partial charge is 0.374 e. The molecule has 0 amide bonds. The number of hydrogen-bond donors (Lipinski definition) is 1. The third-order valence-corrected chi connectivity index (χ3v) is 3.50. The van der Waals surface area contributed by atoms with Crippen molar-refractivity contribution < 1.29 is 0 Å². The molecule has 19 heavy (non-hydrogen) atoms. The molecule has 2 aromatic heterocycles. The maximum Gasteiger partial charge on any atom is 0.151 e. The first kappa shape index (κ1) is 12.0. The molecular formula is C15H18N4. The fourth-order valence-electron chi connectivity index (χ4n) is 2.61. The molecule has 2 heterocycles. The molecular weight excluding hydrogens is 236 g/mol. The van der Waals surface area contributed by atoms with Gasteiger partial charge in [-0.25, -0.2) is 4.98 Å². The number of aryl methyl sites for hydroxylation is 1. The van der Waals surface area contributed by atoms with Crippen molar-refractivity contribution >= 4 is 11.5 Å². The van der Waals surface area contributed by atoms with Crippen LogP contribution < -0.4 is 10.2 Å². The summed E-state index contributed by atoms with van der Waals surface area (Å²) in [6.07, 6.45) is 5.88. The van der Waals surface area contributed by atoms with Crippen molar-refractivity contribution in [3.05, 3.63) is 47.9 Å². The van der Waals surface area contributed by atoms with E-state index < -0.39 is 0 Å². The summed E-state index contributed by atoms with van der Waals surface area (Å²) in [5.41, 5.74) is 3.60. The lowest BCUT2D eigenvalue weighted by Crippen LogP contribution is -2.16. The van der Waals surface area contributed by atoms with Gasteiger partial charge in [0.25, 0.3) is 0 Å². The molecule has 4 nitrogen and oxygen atoms in total. The SMILES string of the molecule is CN(C)c1ncccc1NC1CCc2cccnc21. The maximum absolute atomic E-state index is 4.51. The zero-order valence-electron chi connectivity index (χ0n) is 11.3. The van der Waals surface area contributed by atoms with Crippen LogP contribution in [-0.4, -0.2) is 24.1 Å². The van der Waals surface area contributed by atoms with E-state index in [2.05, 4.69) is 27.4 Å². The third-order valence-electron chi connectivity index (χ3n) is 3.50. The van der Waals surface area contributed by atoms with E-state index in [9.17, 15) is 0 Å². The summed E-state index contributed by atoms with van der Waals surface area (Å²) in [4.78, 5) is 11.0. The molecule has 2 aromatic rings. The van der Waals surface area contributed by atoms with Gasteiger partial charge in [0, 0.05) is 26.5 Å². The van der Waals surface area contributed by atoms with Crippen LogP contribution in [0.3, 0.4) is 0 Å². The van der Waals surface area contributed by atoms with Crippen molar-refractivity contribution in [2.24, 2.45) is 0 Å². The zero-order valence-corrected chi connectivity index (χ0v) is 11.3. The number of nitrogens with one attached hydrogen (secondary N) is 1. The fourth-order valence-corrected chi connectivity index (χ4v) is 2.61. The van der Waals surface area contributed by atoms with E-state index in [1.807, 2.05) is 43.5 Å². The van der Waals surface area contributed by atoms with Gasteiger partial charge >= 0.3 is 0 Å². The normalized spacial score (nSPS) is 17.1. The number of nitrogens with zero attached hydrogens (tertiary/aromatic N) is 3. The average molecular weight is 254 g/mol. The second-order valence-corrected chi connectivity index (χ2v) is 5.05. The maximum atomic E-state index is 4.51. The Kier molecular flexibility index (Phi) is 3.07. The minimum atomic E-state index is 0.291. The third kappa shape index (κ3) is 2.26. The van der Waals surface area contributed by atoms with Gasteiger partial charge in [-0.05, 0) is 36.6 Å². The number of aromatic nitrogens is 2. The highest BCUT2D eigenvalue weighted by molar-refractivity contribution is 5.65. The van der Waals surface area contributed by atoms with Crippen molar-refractivity contribution in [2.45, 2.75) is 18.9 Å². The lowest BCUT2D eigenvalue weighted by atomic mass is 10.2. The summed E-state index contributed by atoms with van der Waals surface area (Å²) in [7, 11) is 4.02. The predicted molar refractivity (Wildman–Crippen MR) is 77.5 cm³/mol. The second-order valence-electron chi connectivity index (χ2n) is 5.05. The Morgan fingerprint density at radius 3 is 2.79 bits per heavy atom. The van der Waals surface area contributed by atoms with Crippen LogP contribution in [0.2, 0.25) is 0 Å². The lowest BCUT2D eigenvalue weighted by molar-refractivity contribution is 0.745. The van der Waals surface area contributed by atoms with Gasteiger partial charge in [0.05, 0.1) is 17.4 Å². The number of pyridine rings is 2. The smallest absolute Gasteiger partial charge is 0.151 e. The molecule has 0 aliphatic heterocycles. The summed E-state index contributed by atoms with van der Waals surface area (Å²) in [6.45, 7) is 0. The summed E-state index contributed by atoms with van der Waals surface area (Å²) in [6, 6.07) is 8.50. The van der Waals surface area contributed by atoms with E-state index in [1.54, 1.807) is 0 Å². The van der Waals surface area contributed by atoms with Crippen LogP contribution in [0.25, 0.3) is 0 Å². The lowest BCUT2D eigenvalue weighted by Gasteiger charge is -2.20. The number of rotatable bonds is 3. The Hall–Kier alpha value is -2.10. The summed E-state index contributed by atoms with van der Waals surface area (Å²) < 4.78 is 0. The zero-order chi connectivity index (χ0) is 13.2. The molecule has 1 N–H and O–H groups in total. The Morgan fingerprint density at radius 2 is 1.95 bits per heavy atom. The summed E-state index contributed by atoms with van der Waals surface area (Å²) in [5, 5.41) is 3.58. The molecule has 0 saturated heterocycles. The van der Waals surface area contributed by atoms with E-state index in [4.69, 9.17) is 0 Å². The first-order valence-corrected chi connectivity index (χ1v) is 6.58. The molecule has 3 rings (SSSR count). The highest BCUT2D eigenvalue weighted by Crippen LogP contribution is 2.34. The average Bonchev–Trinajstić information content (AvgIpc) is 2.83. The molecule has 1 aliphatic rings. The molecule has 0 aromatic carbocycles. The molecule has 0 bridgehead atoms. The van der Waals surface area contributed by atoms with Gasteiger partial charge in [-0.15, -0.1) is 0 Å². The Bertz CT molecular complexity index is 580. The van der Waals surface area contributed by atoms with E-state index in [0.717, 1.165) is 24.3 Å². The minimum absolute atomic E-state index is 0.291. The molecule has 0 spiro atoms. The van der Waals surface area contributed by atoms with Crippen LogP contribution in [-0.2, 0) is 6.42 Å². The Balaban J connectivity index is 1.88. The molecule has 0 fully saturated rings. The van der Waals surface area contributed by atoms with Gasteiger partial charge in [0.2, 0.25) is 0 Å². The van der Waals surface area contributed by atoms with Crippen molar-refractivity contribution in [1.29, 1.82) is 0 Å². The van der Waals surface area contributed by atoms with Gasteiger partial charge < -0.3 is 10.2 Å². The number of anilines is 2. The van der Waals surface area contributed by atoms with Crippen LogP contribution in [0, 0.1) is 0 Å². The molecule has 98 valence electrons. The van der Waals surface area contributed by atoms with Crippen LogP contribution in [0.5, 0.6) is 0 Å². The highest BCUT2D eigenvalue weighted by Gasteiger charge is 2.24. The van der Waals surface area contributed by atoms with Crippen molar-refractivity contribution in [3.8, 4) is 0 Å². The highest BCUT2D eigenvalue weighted by atomic mass is 15.2.